The fourth-order valence-electron chi connectivity index (χ4n) is 1.34. The Morgan fingerprint density at radius 2 is 1.46 bits per heavy atom. The van der Waals surface area contributed by atoms with Gasteiger partial charge >= 0.3 is 89.6 Å². The first kappa shape index (κ1) is 11.3. The molecule has 1 aromatic carbocycles. The summed E-state index contributed by atoms with van der Waals surface area (Å²) in [6.07, 6.45) is 1.68. The quantitative estimate of drug-likeness (QED) is 0.690. The van der Waals surface area contributed by atoms with Gasteiger partial charge in [0, 0.05) is 0 Å². The molecular weight excluding hydrogens is 222 g/mol. The molecule has 0 aliphatic carbocycles. The average Bonchev–Trinajstić information content (AvgIpc) is 2.20. The van der Waals surface area contributed by atoms with E-state index in [0.29, 0.717) is 0 Å². The molecule has 0 radical (unpaired) electrons. The molecule has 0 amide bonds. The van der Waals surface area contributed by atoms with Crippen LogP contribution < -0.4 is 5.30 Å². The van der Waals surface area contributed by atoms with E-state index in [1.165, 1.54) is 0 Å². The first-order chi connectivity index (χ1) is 6.02. The molecule has 0 spiro atoms. The maximum absolute atomic E-state index is 6.58. The third kappa shape index (κ3) is 2.18. The molecule has 0 aliphatic heterocycles. The Labute approximate surface area is 89.8 Å². The normalized spacial score (nSPS) is 14.9. The van der Waals surface area contributed by atoms with Crippen LogP contribution in [0.15, 0.2) is 30.3 Å². The monoisotopic (exact) mass is 236 g/mol. The second kappa shape index (κ2) is 3.77. The molecule has 0 saturated heterocycles. The van der Waals surface area contributed by atoms with Crippen LogP contribution in [-0.4, -0.2) is 12.3 Å². The van der Waals surface area contributed by atoms with Gasteiger partial charge in [-0.25, -0.2) is 0 Å². The summed E-state index contributed by atoms with van der Waals surface area (Å²) in [6.45, 7) is 4.13. The molecule has 1 rings (SSSR count). The van der Waals surface area contributed by atoms with Gasteiger partial charge in [-0.3, -0.25) is 0 Å². The van der Waals surface area contributed by atoms with Crippen LogP contribution in [0.3, 0.4) is 0 Å². The van der Waals surface area contributed by atoms with Crippen molar-refractivity contribution in [3.05, 3.63) is 30.3 Å². The molecule has 0 heterocycles. The Bertz CT molecular complexity index is 274. The van der Waals surface area contributed by atoms with Gasteiger partial charge < -0.3 is 0 Å². The molecule has 0 fully saturated rings. The van der Waals surface area contributed by atoms with Crippen molar-refractivity contribution in [1.29, 1.82) is 0 Å². The zero-order chi connectivity index (χ0) is 9.97. The molecular formula is C10H15Cl2P. The summed E-state index contributed by atoms with van der Waals surface area (Å²) in [4.78, 5) is 0. The van der Waals surface area contributed by atoms with Crippen molar-refractivity contribution in [2.75, 3.05) is 12.3 Å². The van der Waals surface area contributed by atoms with Gasteiger partial charge in [0.25, 0.3) is 0 Å². The van der Waals surface area contributed by atoms with Crippen molar-refractivity contribution < 1.29 is 0 Å². The Hall–Kier alpha value is 0.230. The number of halogens is 2. The van der Waals surface area contributed by atoms with Crippen LogP contribution in [0.4, 0.5) is 0 Å². The summed E-state index contributed by atoms with van der Waals surface area (Å²) in [5.41, 5.74) is 0. The molecule has 0 nitrogen and oxygen atoms in total. The molecule has 0 aromatic heterocycles. The van der Waals surface area contributed by atoms with Gasteiger partial charge in [-0.2, -0.15) is 0 Å². The number of rotatable bonds is 3. The van der Waals surface area contributed by atoms with E-state index in [0.717, 1.165) is 17.6 Å². The van der Waals surface area contributed by atoms with Crippen molar-refractivity contribution >= 4 is 33.1 Å². The zero-order valence-corrected chi connectivity index (χ0v) is 10.4. The van der Waals surface area contributed by atoms with Gasteiger partial charge in [-0.1, -0.05) is 0 Å². The van der Waals surface area contributed by atoms with Crippen LogP contribution in [-0.2, 0) is 0 Å². The van der Waals surface area contributed by atoms with Crippen LogP contribution in [0.2, 0.25) is 0 Å². The summed E-state index contributed by atoms with van der Waals surface area (Å²) in [6, 6.07) is 10.0. The molecule has 3 heteroatoms. The van der Waals surface area contributed by atoms with Crippen LogP contribution >= 0.6 is 27.8 Å². The van der Waals surface area contributed by atoms with Crippen molar-refractivity contribution in [2.45, 2.75) is 13.8 Å². The van der Waals surface area contributed by atoms with E-state index in [4.69, 9.17) is 22.5 Å². The molecule has 0 bridgehead atoms. The SMILES string of the molecule is CCP(Cl)(Cl)(CC)c1ccccc1. The van der Waals surface area contributed by atoms with Crippen molar-refractivity contribution in [1.82, 2.24) is 0 Å². The summed E-state index contributed by atoms with van der Waals surface area (Å²) in [7, 11) is 0. The Kier molecular flexibility index (Phi) is 3.28. The molecule has 0 saturated carbocycles. The second-order valence-electron chi connectivity index (χ2n) is 3.22. The third-order valence-electron chi connectivity index (χ3n) is 2.56. The van der Waals surface area contributed by atoms with Crippen LogP contribution in [0, 0.1) is 0 Å². The summed E-state index contributed by atoms with van der Waals surface area (Å²) >= 11 is 13.2. The topological polar surface area (TPSA) is 0 Å². The molecule has 1 aromatic rings. The van der Waals surface area contributed by atoms with Gasteiger partial charge in [0.15, 0.2) is 0 Å². The minimum absolute atomic E-state index is 0.842. The fourth-order valence-corrected chi connectivity index (χ4v) is 4.01. The number of hydrogen-bond donors (Lipinski definition) is 0. The van der Waals surface area contributed by atoms with E-state index in [1.807, 2.05) is 30.3 Å². The molecule has 13 heavy (non-hydrogen) atoms. The van der Waals surface area contributed by atoms with Crippen LogP contribution in [0.1, 0.15) is 13.8 Å². The van der Waals surface area contributed by atoms with Gasteiger partial charge in [0.1, 0.15) is 0 Å². The minimum atomic E-state index is -2.60. The standard InChI is InChI=1S/C10H15Cl2P/c1-3-13(11,12,4-2)10-8-6-5-7-9-10/h5-9H,3-4H2,1-2H3. The van der Waals surface area contributed by atoms with Crippen molar-refractivity contribution in [3.63, 3.8) is 0 Å². The summed E-state index contributed by atoms with van der Waals surface area (Å²) in [5, 5.41) is -1.49. The molecule has 0 atom stereocenters. The Morgan fingerprint density at radius 3 is 1.85 bits per heavy atom. The molecule has 0 unspecified atom stereocenters. The van der Waals surface area contributed by atoms with Gasteiger partial charge in [-0.15, -0.1) is 0 Å². The molecule has 0 N–H and O–H groups in total. The summed E-state index contributed by atoms with van der Waals surface area (Å²) in [5.74, 6) is 0. The molecule has 74 valence electrons. The van der Waals surface area contributed by atoms with Gasteiger partial charge in [0.2, 0.25) is 0 Å². The molecule has 0 aliphatic rings. The third-order valence-corrected chi connectivity index (χ3v) is 10.5. The average molecular weight is 237 g/mol. The zero-order valence-electron chi connectivity index (χ0n) is 8.00. The van der Waals surface area contributed by atoms with Crippen LogP contribution in [0.25, 0.3) is 0 Å². The number of hydrogen-bond acceptors (Lipinski definition) is 0. The summed E-state index contributed by atoms with van der Waals surface area (Å²) < 4.78 is 0. The van der Waals surface area contributed by atoms with E-state index in [9.17, 15) is 0 Å². The van der Waals surface area contributed by atoms with Crippen molar-refractivity contribution in [2.24, 2.45) is 0 Å². The van der Waals surface area contributed by atoms with E-state index < -0.39 is 5.31 Å². The van der Waals surface area contributed by atoms with E-state index in [2.05, 4.69) is 13.8 Å². The first-order valence-corrected chi connectivity index (χ1v) is 8.94. The van der Waals surface area contributed by atoms with Crippen molar-refractivity contribution in [3.8, 4) is 0 Å². The number of benzene rings is 1. The Balaban J connectivity index is 3.19. The predicted octanol–water partition coefficient (Wildman–Crippen LogP) is 4.21. The van der Waals surface area contributed by atoms with Gasteiger partial charge in [-0.05, 0) is 0 Å². The predicted molar refractivity (Wildman–Crippen MR) is 65.8 cm³/mol. The second-order valence-corrected chi connectivity index (χ2v) is 12.9. The van der Waals surface area contributed by atoms with Gasteiger partial charge in [0.05, 0.1) is 0 Å². The van der Waals surface area contributed by atoms with Crippen LogP contribution in [0.5, 0.6) is 0 Å². The first-order valence-electron chi connectivity index (χ1n) is 4.52. The van der Waals surface area contributed by atoms with E-state index in [-0.39, 0.29) is 0 Å². The Morgan fingerprint density at radius 1 is 1.00 bits per heavy atom. The maximum atomic E-state index is 6.58. The fraction of sp³-hybridized carbons (Fsp3) is 0.400. The van der Waals surface area contributed by atoms with E-state index in [1.54, 1.807) is 0 Å². The van der Waals surface area contributed by atoms with E-state index >= 15 is 0 Å².